The van der Waals surface area contributed by atoms with Crippen LogP contribution < -0.4 is 10.5 Å². The van der Waals surface area contributed by atoms with Gasteiger partial charge < -0.3 is 10.0 Å². The molecule has 0 spiro atoms. The van der Waals surface area contributed by atoms with Crippen LogP contribution in [0.2, 0.25) is 0 Å². The van der Waals surface area contributed by atoms with Gasteiger partial charge in [0.25, 0.3) is 5.56 Å². The number of nitrogens with zero attached hydrogens (tertiary/aromatic N) is 3. The van der Waals surface area contributed by atoms with Crippen LogP contribution in [0.3, 0.4) is 0 Å². The molecule has 1 aliphatic heterocycles. The van der Waals surface area contributed by atoms with E-state index in [0.717, 1.165) is 31.6 Å². The minimum absolute atomic E-state index is 0.171. The molecular formula is C14H21N3O3. The minimum Gasteiger partial charge on any atom is -0.481 e. The van der Waals surface area contributed by atoms with E-state index in [-0.39, 0.29) is 5.56 Å². The molecule has 0 bridgehead atoms. The number of anilines is 1. The molecule has 110 valence electrons. The second-order valence-corrected chi connectivity index (χ2v) is 5.91. The normalized spacial score (nSPS) is 15.6. The van der Waals surface area contributed by atoms with Crippen molar-refractivity contribution < 1.29 is 9.90 Å². The van der Waals surface area contributed by atoms with Gasteiger partial charge in [-0.05, 0) is 33.1 Å². The first-order valence-electron chi connectivity index (χ1n) is 6.96. The lowest BCUT2D eigenvalue weighted by Crippen LogP contribution is -2.30. The van der Waals surface area contributed by atoms with Crippen LogP contribution in [0.15, 0.2) is 17.1 Å². The van der Waals surface area contributed by atoms with E-state index in [4.69, 9.17) is 5.11 Å². The van der Waals surface area contributed by atoms with Gasteiger partial charge in [0.05, 0.1) is 17.3 Å². The molecule has 0 radical (unpaired) electrons. The molecule has 6 nitrogen and oxygen atoms in total. The highest BCUT2D eigenvalue weighted by Crippen LogP contribution is 2.21. The van der Waals surface area contributed by atoms with Gasteiger partial charge in [0.2, 0.25) is 0 Å². The summed E-state index contributed by atoms with van der Waals surface area (Å²) in [7, 11) is 0. The third kappa shape index (κ3) is 3.18. The zero-order valence-corrected chi connectivity index (χ0v) is 12.0. The van der Waals surface area contributed by atoms with E-state index in [0.29, 0.717) is 13.0 Å². The molecule has 1 N–H and O–H groups in total. The highest BCUT2D eigenvalue weighted by Gasteiger charge is 2.27. The molecule has 0 saturated carbocycles. The van der Waals surface area contributed by atoms with Gasteiger partial charge in [-0.2, -0.15) is 5.10 Å². The lowest BCUT2D eigenvalue weighted by atomic mass is 9.90. The van der Waals surface area contributed by atoms with Crippen LogP contribution in [-0.2, 0) is 11.3 Å². The zero-order valence-electron chi connectivity index (χ0n) is 12.0. The SMILES string of the molecule is CC(C)(CCn1ncc(N2CCCC2)cc1=O)C(=O)O. The molecular weight excluding hydrogens is 258 g/mol. The van der Waals surface area contributed by atoms with E-state index >= 15 is 0 Å². The van der Waals surface area contributed by atoms with E-state index in [1.165, 1.54) is 4.68 Å². The molecule has 0 unspecified atom stereocenters. The second kappa shape index (κ2) is 5.64. The highest BCUT2D eigenvalue weighted by molar-refractivity contribution is 5.73. The first-order valence-corrected chi connectivity index (χ1v) is 6.96. The molecule has 0 aromatic carbocycles. The Bertz CT molecular complexity index is 545. The molecule has 1 aromatic heterocycles. The van der Waals surface area contributed by atoms with Crippen LogP contribution in [0.25, 0.3) is 0 Å². The summed E-state index contributed by atoms with van der Waals surface area (Å²) >= 11 is 0. The zero-order chi connectivity index (χ0) is 14.8. The number of aromatic nitrogens is 2. The van der Waals surface area contributed by atoms with E-state index in [1.807, 2.05) is 0 Å². The van der Waals surface area contributed by atoms with Crippen LogP contribution in [0.4, 0.5) is 5.69 Å². The van der Waals surface area contributed by atoms with Crippen LogP contribution in [0.1, 0.15) is 33.1 Å². The number of carbonyl (C=O) groups is 1. The van der Waals surface area contributed by atoms with Gasteiger partial charge in [0.1, 0.15) is 0 Å². The summed E-state index contributed by atoms with van der Waals surface area (Å²) in [6.45, 7) is 5.56. The maximum absolute atomic E-state index is 12.0. The predicted molar refractivity (Wildman–Crippen MR) is 76.0 cm³/mol. The molecule has 1 aliphatic rings. The van der Waals surface area contributed by atoms with Crippen molar-refractivity contribution in [3.05, 3.63) is 22.6 Å². The molecule has 2 rings (SSSR count). The van der Waals surface area contributed by atoms with Crippen molar-refractivity contribution in [2.45, 2.75) is 39.7 Å². The van der Waals surface area contributed by atoms with Crippen molar-refractivity contribution in [3.63, 3.8) is 0 Å². The summed E-state index contributed by atoms with van der Waals surface area (Å²) < 4.78 is 1.34. The maximum Gasteiger partial charge on any atom is 0.309 e. The van der Waals surface area contributed by atoms with Gasteiger partial charge in [0.15, 0.2) is 0 Å². The Morgan fingerprint density at radius 3 is 2.60 bits per heavy atom. The van der Waals surface area contributed by atoms with E-state index in [1.54, 1.807) is 26.1 Å². The Labute approximate surface area is 118 Å². The standard InChI is InChI=1S/C14H21N3O3/c1-14(2,13(19)20)5-8-17-12(18)9-11(10-15-17)16-6-3-4-7-16/h9-10H,3-8H2,1-2H3,(H,19,20). The molecule has 0 atom stereocenters. The molecule has 1 aromatic rings. The van der Waals surface area contributed by atoms with E-state index in [2.05, 4.69) is 10.00 Å². The highest BCUT2D eigenvalue weighted by atomic mass is 16.4. The molecule has 1 saturated heterocycles. The van der Waals surface area contributed by atoms with Crippen LogP contribution >= 0.6 is 0 Å². The summed E-state index contributed by atoms with van der Waals surface area (Å²) in [5.41, 5.74) is -0.161. The van der Waals surface area contributed by atoms with Gasteiger partial charge in [0, 0.05) is 25.7 Å². The largest absolute Gasteiger partial charge is 0.481 e. The molecule has 6 heteroatoms. The van der Waals surface area contributed by atoms with Gasteiger partial charge in [-0.3, -0.25) is 9.59 Å². The van der Waals surface area contributed by atoms with Gasteiger partial charge >= 0.3 is 5.97 Å². The van der Waals surface area contributed by atoms with E-state index in [9.17, 15) is 9.59 Å². The number of hydrogen-bond acceptors (Lipinski definition) is 4. The van der Waals surface area contributed by atoms with Crippen LogP contribution in [0, 0.1) is 5.41 Å². The van der Waals surface area contributed by atoms with Crippen LogP contribution in [0.5, 0.6) is 0 Å². The third-order valence-corrected chi connectivity index (χ3v) is 3.85. The summed E-state index contributed by atoms with van der Waals surface area (Å²) in [6, 6.07) is 1.59. The van der Waals surface area contributed by atoms with E-state index < -0.39 is 11.4 Å². The fraction of sp³-hybridized carbons (Fsp3) is 0.643. The Morgan fingerprint density at radius 1 is 1.40 bits per heavy atom. The average molecular weight is 279 g/mol. The number of aliphatic carboxylic acids is 1. The Morgan fingerprint density at radius 2 is 2.05 bits per heavy atom. The number of aryl methyl sites for hydroxylation is 1. The molecule has 1 fully saturated rings. The molecule has 20 heavy (non-hydrogen) atoms. The summed E-state index contributed by atoms with van der Waals surface area (Å²) in [6.07, 6.45) is 4.37. The fourth-order valence-electron chi connectivity index (χ4n) is 2.23. The maximum atomic E-state index is 12.0. The number of carboxylic acid groups (broad SMARTS) is 1. The number of rotatable bonds is 5. The Kier molecular flexibility index (Phi) is 4.11. The topological polar surface area (TPSA) is 75.4 Å². The Hall–Kier alpha value is -1.85. The van der Waals surface area contributed by atoms with Crippen molar-refractivity contribution in [2.75, 3.05) is 18.0 Å². The third-order valence-electron chi connectivity index (χ3n) is 3.85. The summed E-state index contributed by atoms with van der Waals surface area (Å²) in [4.78, 5) is 25.2. The average Bonchev–Trinajstić information content (AvgIpc) is 2.91. The number of carboxylic acids is 1. The monoisotopic (exact) mass is 279 g/mol. The Balaban J connectivity index is 2.06. The predicted octanol–water partition coefficient (Wildman–Crippen LogP) is 1.34. The van der Waals surface area contributed by atoms with Crippen LogP contribution in [-0.4, -0.2) is 33.9 Å². The minimum atomic E-state index is -0.862. The van der Waals surface area contributed by atoms with Crippen molar-refractivity contribution >= 4 is 11.7 Å². The van der Waals surface area contributed by atoms with Gasteiger partial charge in [-0.1, -0.05) is 0 Å². The molecule has 0 aliphatic carbocycles. The first kappa shape index (κ1) is 14.6. The van der Waals surface area contributed by atoms with Gasteiger partial charge in [-0.25, -0.2) is 4.68 Å². The van der Waals surface area contributed by atoms with Crippen molar-refractivity contribution in [1.29, 1.82) is 0 Å². The number of hydrogen-bond donors (Lipinski definition) is 1. The molecule has 2 heterocycles. The van der Waals surface area contributed by atoms with Gasteiger partial charge in [-0.15, -0.1) is 0 Å². The fourth-order valence-corrected chi connectivity index (χ4v) is 2.23. The lowest BCUT2D eigenvalue weighted by molar-refractivity contribution is -0.147. The van der Waals surface area contributed by atoms with Crippen molar-refractivity contribution in [1.82, 2.24) is 9.78 Å². The quantitative estimate of drug-likeness (QED) is 0.880. The smallest absolute Gasteiger partial charge is 0.309 e. The van der Waals surface area contributed by atoms with Crippen molar-refractivity contribution in [2.24, 2.45) is 5.41 Å². The summed E-state index contributed by atoms with van der Waals surface area (Å²) in [5.74, 6) is -0.862. The second-order valence-electron chi connectivity index (χ2n) is 5.91. The lowest BCUT2D eigenvalue weighted by Gasteiger charge is -2.20. The first-order chi connectivity index (χ1) is 9.40. The molecule has 0 amide bonds. The van der Waals surface area contributed by atoms with Crippen molar-refractivity contribution in [3.8, 4) is 0 Å². The summed E-state index contributed by atoms with van der Waals surface area (Å²) in [5, 5.41) is 13.2.